The van der Waals surface area contributed by atoms with Gasteiger partial charge in [-0.15, -0.1) is 0 Å². The van der Waals surface area contributed by atoms with E-state index >= 15 is 0 Å². The van der Waals surface area contributed by atoms with Crippen molar-refractivity contribution in [3.05, 3.63) is 60.6 Å². The maximum Gasteiger partial charge on any atom is 0.127 e. The summed E-state index contributed by atoms with van der Waals surface area (Å²) in [6.45, 7) is 13.3. The van der Waals surface area contributed by atoms with Crippen LogP contribution >= 0.6 is 0 Å². The highest BCUT2D eigenvalue weighted by atomic mass is 16.5. The lowest BCUT2D eigenvalue weighted by atomic mass is 10.2. The molecular weight excluding hydrogens is 184 g/mol. The molecular formula is C14H20O. The maximum atomic E-state index is 5.41. The number of hydrogen-bond acceptors (Lipinski definition) is 1. The molecule has 0 aromatic heterocycles. The lowest BCUT2D eigenvalue weighted by molar-refractivity contribution is 0.338. The highest BCUT2D eigenvalue weighted by Gasteiger charge is 1.98. The molecule has 82 valence electrons. The third kappa shape index (κ3) is 5.74. The Labute approximate surface area is 93.1 Å². The van der Waals surface area contributed by atoms with Crippen LogP contribution in [0.2, 0.25) is 0 Å². The van der Waals surface area contributed by atoms with E-state index in [9.17, 15) is 0 Å². The van der Waals surface area contributed by atoms with Crippen molar-refractivity contribution in [3.63, 3.8) is 0 Å². The third-order valence-corrected chi connectivity index (χ3v) is 1.70. The van der Waals surface area contributed by atoms with Crippen LogP contribution in [-0.4, -0.2) is 0 Å². The molecule has 0 saturated carbocycles. The molecule has 1 aliphatic rings. The molecule has 0 bridgehead atoms. The van der Waals surface area contributed by atoms with Crippen LogP contribution in [0.15, 0.2) is 60.6 Å². The first-order valence-corrected chi connectivity index (χ1v) is 5.25. The van der Waals surface area contributed by atoms with Crippen LogP contribution in [0.5, 0.6) is 0 Å². The van der Waals surface area contributed by atoms with Crippen molar-refractivity contribution < 1.29 is 4.74 Å². The van der Waals surface area contributed by atoms with E-state index in [1.54, 1.807) is 6.08 Å². The van der Waals surface area contributed by atoms with Crippen LogP contribution in [0.4, 0.5) is 0 Å². The van der Waals surface area contributed by atoms with Crippen LogP contribution in [0.3, 0.4) is 0 Å². The van der Waals surface area contributed by atoms with Crippen molar-refractivity contribution in [1.82, 2.24) is 0 Å². The van der Waals surface area contributed by atoms with Gasteiger partial charge in [-0.25, -0.2) is 0 Å². The molecule has 0 aromatic rings. The van der Waals surface area contributed by atoms with E-state index in [2.05, 4.69) is 26.2 Å². The molecule has 0 aromatic carbocycles. The van der Waals surface area contributed by atoms with Crippen molar-refractivity contribution in [2.75, 3.05) is 0 Å². The maximum absolute atomic E-state index is 5.41. The summed E-state index contributed by atoms with van der Waals surface area (Å²) >= 11 is 0. The van der Waals surface area contributed by atoms with E-state index in [-0.39, 0.29) is 0 Å². The second-order valence-electron chi connectivity index (χ2n) is 2.96. The standard InChI is InChI=1S/C12H14O.C2H6/c1-4-11(3)13-12-8-6-5-7-10(2)9-12;1-2/h4-6,8-9H,1,3,7H2,2H3;1-2H3. The van der Waals surface area contributed by atoms with Gasteiger partial charge in [0, 0.05) is 0 Å². The number of hydrogen-bond donors (Lipinski definition) is 0. The van der Waals surface area contributed by atoms with E-state index in [0.29, 0.717) is 5.76 Å². The van der Waals surface area contributed by atoms with Gasteiger partial charge in [0.15, 0.2) is 0 Å². The van der Waals surface area contributed by atoms with Crippen molar-refractivity contribution in [2.45, 2.75) is 27.2 Å². The van der Waals surface area contributed by atoms with E-state index in [0.717, 1.165) is 12.2 Å². The van der Waals surface area contributed by atoms with Crippen LogP contribution in [0.25, 0.3) is 0 Å². The Morgan fingerprint density at radius 1 is 1.47 bits per heavy atom. The molecule has 1 aliphatic carbocycles. The Balaban J connectivity index is 0.000000921. The summed E-state index contributed by atoms with van der Waals surface area (Å²) in [6.07, 6.45) is 10.6. The van der Waals surface area contributed by atoms with Crippen molar-refractivity contribution >= 4 is 0 Å². The summed E-state index contributed by atoms with van der Waals surface area (Å²) in [6, 6.07) is 0. The fraction of sp³-hybridized carbons (Fsp3) is 0.286. The van der Waals surface area contributed by atoms with Crippen LogP contribution in [-0.2, 0) is 4.74 Å². The van der Waals surface area contributed by atoms with E-state index in [1.807, 2.05) is 32.1 Å². The first-order valence-electron chi connectivity index (χ1n) is 5.25. The average molecular weight is 204 g/mol. The fourth-order valence-electron chi connectivity index (χ4n) is 1.02. The largest absolute Gasteiger partial charge is 0.458 e. The van der Waals surface area contributed by atoms with Gasteiger partial charge in [0.25, 0.3) is 0 Å². The molecule has 0 N–H and O–H groups in total. The summed E-state index contributed by atoms with van der Waals surface area (Å²) in [5, 5.41) is 0. The average Bonchev–Trinajstić information content (AvgIpc) is 2.45. The lowest BCUT2D eigenvalue weighted by Gasteiger charge is -2.05. The molecule has 1 heteroatoms. The molecule has 0 unspecified atom stereocenters. The minimum Gasteiger partial charge on any atom is -0.458 e. The predicted molar refractivity (Wildman–Crippen MR) is 67.4 cm³/mol. The number of ether oxygens (including phenoxy) is 1. The SMILES string of the molecule is C=CC(=C)OC1=CC=CCC(C)=C1.CC. The molecule has 0 heterocycles. The van der Waals surface area contributed by atoms with Crippen LogP contribution in [0, 0.1) is 0 Å². The van der Waals surface area contributed by atoms with Gasteiger partial charge in [0.1, 0.15) is 11.5 Å². The summed E-state index contributed by atoms with van der Waals surface area (Å²) in [5.41, 5.74) is 1.27. The molecule has 1 rings (SSSR count). The second-order valence-corrected chi connectivity index (χ2v) is 2.96. The number of allylic oxidation sites excluding steroid dienone is 6. The van der Waals surface area contributed by atoms with E-state index in [1.165, 1.54) is 5.57 Å². The molecule has 1 nitrogen and oxygen atoms in total. The van der Waals surface area contributed by atoms with Crippen molar-refractivity contribution in [1.29, 1.82) is 0 Å². The highest BCUT2D eigenvalue weighted by molar-refractivity contribution is 5.28. The summed E-state index contributed by atoms with van der Waals surface area (Å²) in [5.74, 6) is 1.39. The van der Waals surface area contributed by atoms with Gasteiger partial charge in [-0.05, 0) is 31.6 Å². The first kappa shape index (κ1) is 13.5. The van der Waals surface area contributed by atoms with E-state index < -0.39 is 0 Å². The van der Waals surface area contributed by atoms with Gasteiger partial charge in [0.05, 0.1) is 0 Å². The summed E-state index contributed by atoms with van der Waals surface area (Å²) in [7, 11) is 0. The zero-order valence-electron chi connectivity index (χ0n) is 9.92. The Morgan fingerprint density at radius 3 is 2.73 bits per heavy atom. The lowest BCUT2D eigenvalue weighted by Crippen LogP contribution is -1.86. The van der Waals surface area contributed by atoms with Crippen molar-refractivity contribution in [3.8, 4) is 0 Å². The smallest absolute Gasteiger partial charge is 0.127 e. The van der Waals surface area contributed by atoms with Crippen LogP contribution < -0.4 is 0 Å². The second kappa shape index (κ2) is 7.86. The minimum absolute atomic E-state index is 0.575. The Hall–Kier alpha value is -1.50. The quantitative estimate of drug-likeness (QED) is 0.485. The van der Waals surface area contributed by atoms with Gasteiger partial charge < -0.3 is 4.74 Å². The molecule has 15 heavy (non-hydrogen) atoms. The molecule has 0 aliphatic heterocycles. The van der Waals surface area contributed by atoms with Gasteiger partial charge in [-0.3, -0.25) is 0 Å². The number of rotatable bonds is 3. The molecule has 0 saturated heterocycles. The van der Waals surface area contributed by atoms with E-state index in [4.69, 9.17) is 4.74 Å². The van der Waals surface area contributed by atoms with Gasteiger partial charge in [-0.2, -0.15) is 0 Å². The van der Waals surface area contributed by atoms with Crippen LogP contribution in [0.1, 0.15) is 27.2 Å². The Kier molecular flexibility index (Phi) is 7.08. The highest BCUT2D eigenvalue weighted by Crippen LogP contribution is 2.15. The van der Waals surface area contributed by atoms with Crippen molar-refractivity contribution in [2.24, 2.45) is 0 Å². The monoisotopic (exact) mass is 204 g/mol. The Bertz CT molecular complexity index is 303. The Morgan fingerprint density at radius 2 is 2.13 bits per heavy atom. The summed E-state index contributed by atoms with van der Waals surface area (Å²) < 4.78 is 5.41. The zero-order chi connectivity index (χ0) is 11.7. The normalized spacial score (nSPS) is 13.8. The predicted octanol–water partition coefficient (Wildman–Crippen LogP) is 4.52. The first-order chi connectivity index (χ1) is 7.22. The van der Waals surface area contributed by atoms with Gasteiger partial charge in [0.2, 0.25) is 0 Å². The molecule has 0 radical (unpaired) electrons. The summed E-state index contributed by atoms with van der Waals surface area (Å²) in [4.78, 5) is 0. The minimum atomic E-state index is 0.575. The third-order valence-electron chi connectivity index (χ3n) is 1.70. The molecule has 0 fully saturated rings. The van der Waals surface area contributed by atoms with Gasteiger partial charge >= 0.3 is 0 Å². The fourth-order valence-corrected chi connectivity index (χ4v) is 1.02. The molecule has 0 spiro atoms. The van der Waals surface area contributed by atoms with Gasteiger partial charge in [-0.1, -0.05) is 44.7 Å². The topological polar surface area (TPSA) is 9.23 Å². The molecule has 0 atom stereocenters. The molecule has 0 amide bonds. The zero-order valence-corrected chi connectivity index (χ0v) is 9.92.